The molecule has 4 nitrogen and oxygen atoms in total. The number of nitrogens with one attached hydrogen (secondary N) is 1. The predicted molar refractivity (Wildman–Crippen MR) is 93.8 cm³/mol. The lowest BCUT2D eigenvalue weighted by Crippen LogP contribution is -2.39. The van der Waals surface area contributed by atoms with Crippen molar-refractivity contribution in [2.24, 2.45) is 5.92 Å². The molecule has 0 bridgehead atoms. The van der Waals surface area contributed by atoms with Gasteiger partial charge in [0.1, 0.15) is 5.75 Å². The van der Waals surface area contributed by atoms with E-state index in [4.69, 9.17) is 4.74 Å². The number of carbonyl (C=O) groups excluding carboxylic acids is 1. The Morgan fingerprint density at radius 1 is 1.35 bits per heavy atom. The highest BCUT2D eigenvalue weighted by Crippen LogP contribution is 2.27. The Balaban J connectivity index is 1.73. The van der Waals surface area contributed by atoms with Crippen molar-refractivity contribution in [3.8, 4) is 5.75 Å². The summed E-state index contributed by atoms with van der Waals surface area (Å²) >= 11 is 0. The quantitative estimate of drug-likeness (QED) is 0.721. The maximum Gasteiger partial charge on any atom is 0.234 e. The molecule has 1 aliphatic rings. The summed E-state index contributed by atoms with van der Waals surface area (Å²) in [6.45, 7) is 6.68. The molecule has 128 valence electrons. The van der Waals surface area contributed by atoms with Crippen molar-refractivity contribution in [2.75, 3.05) is 26.7 Å². The van der Waals surface area contributed by atoms with Gasteiger partial charge in [-0.3, -0.25) is 9.69 Å². The lowest BCUT2D eigenvalue weighted by atomic mass is 10.1. The summed E-state index contributed by atoms with van der Waals surface area (Å²) < 4.78 is 5.34. The van der Waals surface area contributed by atoms with Crippen molar-refractivity contribution in [2.45, 2.75) is 45.6 Å². The predicted octanol–water partition coefficient (Wildman–Crippen LogP) is 2.86. The zero-order valence-electron chi connectivity index (χ0n) is 14.7. The van der Waals surface area contributed by atoms with E-state index >= 15 is 0 Å². The van der Waals surface area contributed by atoms with Gasteiger partial charge in [0.2, 0.25) is 5.91 Å². The Bertz CT molecular complexity index is 498. The molecule has 0 spiro atoms. The molecule has 0 saturated heterocycles. The van der Waals surface area contributed by atoms with Crippen LogP contribution in [-0.2, 0) is 11.2 Å². The molecule has 1 fully saturated rings. The van der Waals surface area contributed by atoms with Crippen molar-refractivity contribution < 1.29 is 9.53 Å². The lowest BCUT2D eigenvalue weighted by molar-refractivity contribution is -0.122. The summed E-state index contributed by atoms with van der Waals surface area (Å²) in [6, 6.07) is 8.60. The summed E-state index contributed by atoms with van der Waals surface area (Å²) in [5.74, 6) is 1.71. The second-order valence-corrected chi connectivity index (χ2v) is 6.80. The van der Waals surface area contributed by atoms with Crippen LogP contribution in [0.3, 0.4) is 0 Å². The summed E-state index contributed by atoms with van der Waals surface area (Å²) in [6.07, 6.45) is 4.44. The maximum absolute atomic E-state index is 12.2. The van der Waals surface area contributed by atoms with Gasteiger partial charge in [-0.05, 0) is 49.8 Å². The molecule has 4 heteroatoms. The van der Waals surface area contributed by atoms with Crippen LogP contribution in [0.1, 0.15) is 38.7 Å². The van der Waals surface area contributed by atoms with E-state index in [0.29, 0.717) is 25.0 Å². The molecule has 0 aromatic heterocycles. The van der Waals surface area contributed by atoms with Crippen molar-refractivity contribution >= 4 is 5.91 Å². The van der Waals surface area contributed by atoms with Crippen molar-refractivity contribution in [1.29, 1.82) is 0 Å². The minimum Gasteiger partial charge on any atom is -0.496 e. The molecule has 1 amide bonds. The molecule has 23 heavy (non-hydrogen) atoms. The van der Waals surface area contributed by atoms with Crippen LogP contribution < -0.4 is 10.1 Å². The second-order valence-electron chi connectivity index (χ2n) is 6.80. The monoisotopic (exact) mass is 318 g/mol. The van der Waals surface area contributed by atoms with Gasteiger partial charge < -0.3 is 10.1 Å². The van der Waals surface area contributed by atoms with Crippen LogP contribution in [0, 0.1) is 5.92 Å². The van der Waals surface area contributed by atoms with E-state index in [2.05, 4.69) is 24.1 Å². The number of ether oxygens (including phenoxy) is 1. The maximum atomic E-state index is 12.2. The van der Waals surface area contributed by atoms with Gasteiger partial charge in [0.05, 0.1) is 13.7 Å². The third-order valence-corrected chi connectivity index (χ3v) is 4.31. The van der Waals surface area contributed by atoms with Gasteiger partial charge in [0.25, 0.3) is 0 Å². The first-order chi connectivity index (χ1) is 11.1. The summed E-state index contributed by atoms with van der Waals surface area (Å²) in [4.78, 5) is 14.5. The highest BCUT2D eigenvalue weighted by Gasteiger charge is 2.29. The molecule has 1 N–H and O–H groups in total. The third kappa shape index (κ3) is 6.22. The van der Waals surface area contributed by atoms with Gasteiger partial charge >= 0.3 is 0 Å². The van der Waals surface area contributed by atoms with E-state index in [1.165, 1.54) is 12.8 Å². The smallest absolute Gasteiger partial charge is 0.234 e. The van der Waals surface area contributed by atoms with E-state index in [1.54, 1.807) is 7.11 Å². The van der Waals surface area contributed by atoms with Crippen molar-refractivity contribution in [3.63, 3.8) is 0 Å². The fourth-order valence-electron chi connectivity index (χ4n) is 2.74. The van der Waals surface area contributed by atoms with Gasteiger partial charge in [-0.25, -0.2) is 0 Å². The van der Waals surface area contributed by atoms with Gasteiger partial charge in [0, 0.05) is 12.6 Å². The number of hydrogen-bond acceptors (Lipinski definition) is 3. The number of nitrogens with zero attached hydrogens (tertiary/aromatic N) is 1. The first kappa shape index (κ1) is 17.8. The topological polar surface area (TPSA) is 41.6 Å². The molecular weight excluding hydrogens is 288 g/mol. The molecule has 0 atom stereocenters. The average Bonchev–Trinajstić information content (AvgIpc) is 3.36. The number of para-hydroxylation sites is 1. The number of rotatable bonds is 10. The molecule has 1 aromatic carbocycles. The fraction of sp³-hybridized carbons (Fsp3) is 0.632. The molecule has 0 aliphatic heterocycles. The van der Waals surface area contributed by atoms with Crippen LogP contribution in [0.15, 0.2) is 24.3 Å². The number of methoxy groups -OCH3 is 1. The molecule has 0 heterocycles. The van der Waals surface area contributed by atoms with Crippen LogP contribution in [0.4, 0.5) is 0 Å². The molecule has 1 aliphatic carbocycles. The molecule has 0 unspecified atom stereocenters. The van der Waals surface area contributed by atoms with E-state index in [9.17, 15) is 4.79 Å². The van der Waals surface area contributed by atoms with Crippen molar-refractivity contribution in [3.05, 3.63) is 29.8 Å². The molecule has 1 saturated carbocycles. The van der Waals surface area contributed by atoms with Gasteiger partial charge in [-0.2, -0.15) is 0 Å². The molecule has 1 aromatic rings. The van der Waals surface area contributed by atoms with E-state index in [-0.39, 0.29) is 5.91 Å². The van der Waals surface area contributed by atoms with Crippen LogP contribution >= 0.6 is 0 Å². The number of hydrogen-bond donors (Lipinski definition) is 1. The Labute approximate surface area is 140 Å². The Kier molecular flexibility index (Phi) is 6.90. The minimum atomic E-state index is 0.135. The van der Waals surface area contributed by atoms with E-state index in [0.717, 1.165) is 30.7 Å². The number of carbonyl (C=O) groups is 1. The minimum absolute atomic E-state index is 0.135. The van der Waals surface area contributed by atoms with Crippen LogP contribution in [0.25, 0.3) is 0 Å². The SMILES string of the molecule is COc1ccccc1CCNC(=O)CN(CCC(C)C)C1CC1. The number of amides is 1. The normalized spacial score (nSPS) is 14.3. The van der Waals surface area contributed by atoms with Crippen molar-refractivity contribution in [1.82, 2.24) is 10.2 Å². The zero-order valence-corrected chi connectivity index (χ0v) is 14.7. The highest BCUT2D eigenvalue weighted by molar-refractivity contribution is 5.78. The molecule has 2 rings (SSSR count). The summed E-state index contributed by atoms with van der Waals surface area (Å²) in [7, 11) is 1.68. The molecule has 0 radical (unpaired) electrons. The van der Waals surface area contributed by atoms with Gasteiger partial charge in [0.15, 0.2) is 0 Å². The van der Waals surface area contributed by atoms with Crippen LogP contribution in [0.5, 0.6) is 5.75 Å². The van der Waals surface area contributed by atoms with Gasteiger partial charge in [-0.1, -0.05) is 32.0 Å². The third-order valence-electron chi connectivity index (χ3n) is 4.31. The van der Waals surface area contributed by atoms with Gasteiger partial charge in [-0.15, -0.1) is 0 Å². The van der Waals surface area contributed by atoms with E-state index in [1.807, 2.05) is 24.3 Å². The highest BCUT2D eigenvalue weighted by atomic mass is 16.5. The zero-order chi connectivity index (χ0) is 16.7. The lowest BCUT2D eigenvalue weighted by Gasteiger charge is -2.22. The van der Waals surface area contributed by atoms with Crippen LogP contribution in [-0.4, -0.2) is 43.6 Å². The van der Waals surface area contributed by atoms with E-state index < -0.39 is 0 Å². The Morgan fingerprint density at radius 2 is 2.09 bits per heavy atom. The summed E-state index contributed by atoms with van der Waals surface area (Å²) in [5, 5.41) is 3.05. The summed E-state index contributed by atoms with van der Waals surface area (Å²) in [5.41, 5.74) is 1.13. The largest absolute Gasteiger partial charge is 0.496 e. The second kappa shape index (κ2) is 8.92. The van der Waals surface area contributed by atoms with Crippen LogP contribution in [0.2, 0.25) is 0 Å². The Hall–Kier alpha value is -1.55. The Morgan fingerprint density at radius 3 is 2.74 bits per heavy atom. The fourth-order valence-corrected chi connectivity index (χ4v) is 2.74. The first-order valence-corrected chi connectivity index (χ1v) is 8.72. The first-order valence-electron chi connectivity index (χ1n) is 8.72. The standard InChI is InChI=1S/C19H30N2O2/c1-15(2)11-13-21(17-8-9-17)14-19(22)20-12-10-16-6-4-5-7-18(16)23-3/h4-7,15,17H,8-14H2,1-3H3,(H,20,22). The number of benzene rings is 1. The molecular formula is C19H30N2O2. The average molecular weight is 318 g/mol.